The minimum Gasteiger partial charge on any atom is -0.378 e. The van der Waals surface area contributed by atoms with Gasteiger partial charge >= 0.3 is 6.18 Å². The summed E-state index contributed by atoms with van der Waals surface area (Å²) >= 11 is 0. The fourth-order valence-electron chi connectivity index (χ4n) is 3.02. The third-order valence-corrected chi connectivity index (χ3v) is 4.50. The Hall–Kier alpha value is -3.07. The predicted molar refractivity (Wildman–Crippen MR) is 94.5 cm³/mol. The van der Waals surface area contributed by atoms with Crippen molar-refractivity contribution in [3.05, 3.63) is 54.1 Å². The summed E-state index contributed by atoms with van der Waals surface area (Å²) in [4.78, 5) is 27.1. The monoisotopic (exact) mass is 388 g/mol. The number of amides is 1. The lowest BCUT2D eigenvalue weighted by Gasteiger charge is -2.26. The number of carbonyl (C=O) groups excluding carboxylic acids is 1. The highest BCUT2D eigenvalue weighted by Gasteiger charge is 2.30. The Labute approximate surface area is 158 Å². The number of hydrogen-bond donors (Lipinski definition) is 0. The van der Waals surface area contributed by atoms with Crippen LogP contribution in [0.3, 0.4) is 0 Å². The Kier molecular flexibility index (Phi) is 4.68. The topological polar surface area (TPSA) is 68.2 Å². The molecule has 28 heavy (non-hydrogen) atoms. The maximum absolute atomic E-state index is 12.8. The molecule has 0 saturated carbocycles. The lowest BCUT2D eigenvalue weighted by Crippen LogP contribution is -2.41. The summed E-state index contributed by atoms with van der Waals surface area (Å²) in [7, 11) is 0. The summed E-state index contributed by atoms with van der Waals surface area (Å²) in [6, 6.07) is 4.73. The zero-order valence-electron chi connectivity index (χ0n) is 14.6. The summed E-state index contributed by atoms with van der Waals surface area (Å²) in [5, 5.41) is 0. The molecule has 3 heterocycles. The van der Waals surface area contributed by atoms with E-state index in [1.165, 1.54) is 30.7 Å². The van der Waals surface area contributed by atoms with Gasteiger partial charge < -0.3 is 9.64 Å². The molecule has 2 aromatic heterocycles. The second-order valence-corrected chi connectivity index (χ2v) is 6.29. The molecule has 0 radical (unpaired) electrons. The van der Waals surface area contributed by atoms with E-state index in [0.29, 0.717) is 48.5 Å². The van der Waals surface area contributed by atoms with Gasteiger partial charge in [-0.3, -0.25) is 14.8 Å². The van der Waals surface area contributed by atoms with Crippen LogP contribution in [0.15, 0.2) is 42.9 Å². The third-order valence-electron chi connectivity index (χ3n) is 4.50. The summed E-state index contributed by atoms with van der Waals surface area (Å²) < 4.78 is 43.7. The molecule has 3 aromatic rings. The van der Waals surface area contributed by atoms with Gasteiger partial charge in [0.2, 0.25) is 0 Å². The first kappa shape index (κ1) is 18.3. The highest BCUT2D eigenvalue weighted by Crippen LogP contribution is 2.32. The average molecular weight is 388 g/mol. The second kappa shape index (κ2) is 7.16. The lowest BCUT2D eigenvalue weighted by atomic mass is 10.0. The first-order valence-electron chi connectivity index (χ1n) is 8.59. The van der Waals surface area contributed by atoms with E-state index < -0.39 is 11.7 Å². The number of halogens is 3. The van der Waals surface area contributed by atoms with Gasteiger partial charge in [0.1, 0.15) is 16.7 Å². The van der Waals surface area contributed by atoms with Crippen molar-refractivity contribution < 1.29 is 22.7 Å². The zero-order valence-corrected chi connectivity index (χ0v) is 14.6. The van der Waals surface area contributed by atoms with Crippen LogP contribution in [0.2, 0.25) is 0 Å². The first-order chi connectivity index (χ1) is 13.4. The molecule has 1 aromatic carbocycles. The molecule has 4 rings (SSSR count). The number of nitrogens with zero attached hydrogens (tertiary/aromatic N) is 4. The number of pyridine rings is 1. The molecule has 1 aliphatic rings. The lowest BCUT2D eigenvalue weighted by molar-refractivity contribution is -0.137. The van der Waals surface area contributed by atoms with E-state index >= 15 is 0 Å². The van der Waals surface area contributed by atoms with Crippen LogP contribution in [0, 0.1) is 0 Å². The fraction of sp³-hybridized carbons (Fsp3) is 0.263. The van der Waals surface area contributed by atoms with Crippen LogP contribution in [0.1, 0.15) is 16.1 Å². The molecular weight excluding hydrogens is 373 g/mol. The van der Waals surface area contributed by atoms with Crippen molar-refractivity contribution in [2.24, 2.45) is 0 Å². The maximum Gasteiger partial charge on any atom is 0.416 e. The normalized spacial score (nSPS) is 15.0. The molecule has 0 unspecified atom stereocenters. The van der Waals surface area contributed by atoms with Gasteiger partial charge in [-0.2, -0.15) is 13.2 Å². The number of benzene rings is 1. The number of morpholine rings is 1. The molecule has 0 bridgehead atoms. The number of carbonyl (C=O) groups is 1. The summed E-state index contributed by atoms with van der Waals surface area (Å²) in [6.07, 6.45) is -0.0209. The molecule has 1 fully saturated rings. The summed E-state index contributed by atoms with van der Waals surface area (Å²) in [6.45, 7) is 1.88. The van der Waals surface area contributed by atoms with E-state index in [2.05, 4.69) is 15.0 Å². The minimum absolute atomic E-state index is 0.175. The molecule has 144 valence electrons. The molecule has 9 heteroatoms. The van der Waals surface area contributed by atoms with Crippen molar-refractivity contribution in [1.29, 1.82) is 0 Å². The maximum atomic E-state index is 12.8. The number of aromatic nitrogens is 3. The smallest absolute Gasteiger partial charge is 0.378 e. The van der Waals surface area contributed by atoms with E-state index in [1.54, 1.807) is 4.90 Å². The Bertz CT molecular complexity index is 1020. The van der Waals surface area contributed by atoms with Crippen molar-refractivity contribution in [3.63, 3.8) is 0 Å². The number of rotatable bonds is 2. The van der Waals surface area contributed by atoms with Gasteiger partial charge in [0, 0.05) is 24.8 Å². The standard InChI is InChI=1S/C19H15F3N4O2/c20-19(21,22)13-3-1-12(2-4-13)14-9-23-10-15-17(14)25-16(11-24-15)18(27)26-5-7-28-8-6-26/h1-4,9-11H,5-8H2. The van der Waals surface area contributed by atoms with Crippen LogP contribution in [0.5, 0.6) is 0 Å². The van der Waals surface area contributed by atoms with Crippen LogP contribution in [0.25, 0.3) is 22.2 Å². The van der Waals surface area contributed by atoms with Gasteiger partial charge in [0.05, 0.1) is 31.2 Å². The Morgan fingerprint density at radius 1 is 1.04 bits per heavy atom. The highest BCUT2D eigenvalue weighted by atomic mass is 19.4. The molecule has 0 aliphatic carbocycles. The second-order valence-electron chi connectivity index (χ2n) is 6.29. The van der Waals surface area contributed by atoms with Gasteiger partial charge in [0.15, 0.2) is 0 Å². The number of alkyl halides is 3. The number of fused-ring (bicyclic) bond motifs is 1. The molecule has 1 amide bonds. The van der Waals surface area contributed by atoms with Gasteiger partial charge in [-0.05, 0) is 17.7 Å². The van der Waals surface area contributed by atoms with Crippen LogP contribution < -0.4 is 0 Å². The van der Waals surface area contributed by atoms with Crippen LogP contribution in [0.4, 0.5) is 13.2 Å². The Morgan fingerprint density at radius 3 is 2.43 bits per heavy atom. The molecule has 1 aliphatic heterocycles. The SMILES string of the molecule is O=C(c1cnc2cncc(-c3ccc(C(F)(F)F)cc3)c2n1)N1CCOCC1. The van der Waals surface area contributed by atoms with Crippen LogP contribution >= 0.6 is 0 Å². The van der Waals surface area contributed by atoms with Gasteiger partial charge in [-0.15, -0.1) is 0 Å². The molecule has 0 atom stereocenters. The van der Waals surface area contributed by atoms with Crippen molar-refractivity contribution in [3.8, 4) is 11.1 Å². The van der Waals surface area contributed by atoms with E-state index in [-0.39, 0.29) is 11.6 Å². The van der Waals surface area contributed by atoms with Gasteiger partial charge in [-0.1, -0.05) is 12.1 Å². The largest absolute Gasteiger partial charge is 0.416 e. The highest BCUT2D eigenvalue weighted by molar-refractivity contribution is 5.96. The molecule has 1 saturated heterocycles. The van der Waals surface area contributed by atoms with Crippen LogP contribution in [-0.4, -0.2) is 52.1 Å². The number of hydrogen-bond acceptors (Lipinski definition) is 5. The third kappa shape index (κ3) is 3.53. The fourth-order valence-corrected chi connectivity index (χ4v) is 3.02. The minimum atomic E-state index is -4.41. The van der Waals surface area contributed by atoms with Crippen molar-refractivity contribution in [2.45, 2.75) is 6.18 Å². The van der Waals surface area contributed by atoms with Gasteiger partial charge in [-0.25, -0.2) is 4.98 Å². The van der Waals surface area contributed by atoms with Crippen molar-refractivity contribution >= 4 is 16.9 Å². The Balaban J connectivity index is 1.73. The zero-order chi connectivity index (χ0) is 19.7. The quantitative estimate of drug-likeness (QED) is 0.675. The summed E-state index contributed by atoms with van der Waals surface area (Å²) in [5.41, 5.74) is 1.32. The van der Waals surface area contributed by atoms with E-state index in [1.807, 2.05) is 0 Å². The van der Waals surface area contributed by atoms with Crippen molar-refractivity contribution in [2.75, 3.05) is 26.3 Å². The Morgan fingerprint density at radius 2 is 1.75 bits per heavy atom. The molecule has 0 N–H and O–H groups in total. The average Bonchev–Trinajstić information content (AvgIpc) is 2.72. The summed E-state index contributed by atoms with van der Waals surface area (Å²) in [5.74, 6) is -0.257. The number of ether oxygens (including phenoxy) is 1. The predicted octanol–water partition coefficient (Wildman–Crippen LogP) is 3.18. The molecule has 0 spiro atoms. The van der Waals surface area contributed by atoms with E-state index in [9.17, 15) is 18.0 Å². The molecule has 6 nitrogen and oxygen atoms in total. The molecular formula is C19H15F3N4O2. The first-order valence-corrected chi connectivity index (χ1v) is 8.59. The van der Waals surface area contributed by atoms with Crippen LogP contribution in [-0.2, 0) is 10.9 Å². The van der Waals surface area contributed by atoms with E-state index in [0.717, 1.165) is 12.1 Å². The van der Waals surface area contributed by atoms with Gasteiger partial charge in [0.25, 0.3) is 5.91 Å². The van der Waals surface area contributed by atoms with E-state index in [4.69, 9.17) is 4.74 Å². The van der Waals surface area contributed by atoms with Crippen molar-refractivity contribution in [1.82, 2.24) is 19.9 Å².